The van der Waals surface area contributed by atoms with E-state index in [-0.39, 0.29) is 0 Å². The predicted octanol–water partition coefficient (Wildman–Crippen LogP) is 2.07. The molecule has 0 saturated heterocycles. The van der Waals surface area contributed by atoms with E-state index in [0.29, 0.717) is 5.82 Å². The second-order valence-corrected chi connectivity index (χ2v) is 2.59. The topological polar surface area (TPSA) is 0 Å². The zero-order chi connectivity index (χ0) is 5.98. The molecule has 0 spiro atoms. The smallest absolute Gasteiger partial charge is 0.0703 e. The molecule has 1 heteroatoms. The average molecular weight is 106 g/mol. The molecule has 0 fully saturated rings. The lowest BCUT2D eigenvalue weighted by Crippen LogP contribution is -1.97. The lowest BCUT2D eigenvalue weighted by Gasteiger charge is -2.15. The van der Waals surface area contributed by atoms with Crippen molar-refractivity contribution in [1.82, 2.24) is 0 Å². The molecule has 0 heterocycles. The van der Waals surface area contributed by atoms with Gasteiger partial charge in [0.25, 0.3) is 0 Å². The molecule has 2 radical (unpaired) electrons. The fraction of sp³-hybridized carbons (Fsp3) is 0.714. The normalized spacial score (nSPS) is 29.6. The zero-order valence-electron chi connectivity index (χ0n) is 5.35. The third kappa shape index (κ3) is 1.39. The van der Waals surface area contributed by atoms with Crippen molar-refractivity contribution in [2.75, 3.05) is 0 Å². The summed E-state index contributed by atoms with van der Waals surface area (Å²) in [6.45, 7) is 2.15. The van der Waals surface area contributed by atoms with E-state index >= 15 is 0 Å². The molecule has 0 nitrogen and oxygen atoms in total. The first-order valence-electron chi connectivity index (χ1n) is 3.20. The molecule has 1 rings (SSSR count). The van der Waals surface area contributed by atoms with Crippen molar-refractivity contribution in [3.63, 3.8) is 0 Å². The van der Waals surface area contributed by atoms with Gasteiger partial charge in [0.15, 0.2) is 0 Å². The van der Waals surface area contributed by atoms with E-state index in [9.17, 15) is 0 Å². The van der Waals surface area contributed by atoms with E-state index in [1.165, 1.54) is 18.4 Å². The Bertz CT molecular complexity index is 105. The van der Waals surface area contributed by atoms with Crippen LogP contribution in [0, 0.1) is 0 Å². The molecule has 1 atom stereocenters. The van der Waals surface area contributed by atoms with Gasteiger partial charge in [-0.3, -0.25) is 0 Å². The average Bonchev–Trinajstić information content (AvgIpc) is 1.64. The molecular weight excluding hydrogens is 94.9 g/mol. The zero-order valence-corrected chi connectivity index (χ0v) is 5.35. The Morgan fingerprint density at radius 2 is 2.50 bits per heavy atom. The van der Waals surface area contributed by atoms with Crippen molar-refractivity contribution in [2.45, 2.75) is 32.0 Å². The molecule has 42 valence electrons. The Labute approximate surface area is 52.4 Å². The van der Waals surface area contributed by atoms with Crippen LogP contribution >= 0.6 is 0 Å². The van der Waals surface area contributed by atoms with Crippen molar-refractivity contribution in [3.8, 4) is 0 Å². The lowest BCUT2D eigenvalue weighted by molar-refractivity contribution is 0.700. The fourth-order valence-electron chi connectivity index (χ4n) is 1.14. The van der Waals surface area contributed by atoms with Crippen LogP contribution < -0.4 is 0 Å². The molecule has 0 aliphatic heterocycles. The number of hydrogen-bond donors (Lipinski definition) is 0. The van der Waals surface area contributed by atoms with Gasteiger partial charge in [0, 0.05) is 0 Å². The molecule has 1 aliphatic carbocycles. The highest BCUT2D eigenvalue weighted by atomic mass is 14.1. The van der Waals surface area contributed by atoms with Crippen molar-refractivity contribution >= 4 is 7.85 Å². The minimum Gasteiger partial charge on any atom is -0.0856 e. The van der Waals surface area contributed by atoms with Gasteiger partial charge >= 0.3 is 0 Å². The van der Waals surface area contributed by atoms with Gasteiger partial charge in [0.05, 0.1) is 7.85 Å². The minimum atomic E-state index is 0.444. The monoisotopic (exact) mass is 106 g/mol. The molecule has 0 aromatic heterocycles. The minimum absolute atomic E-state index is 0.444. The summed E-state index contributed by atoms with van der Waals surface area (Å²) in [5, 5.41) is 0. The van der Waals surface area contributed by atoms with E-state index in [0.717, 1.165) is 6.42 Å². The van der Waals surface area contributed by atoms with Crippen LogP contribution in [0.15, 0.2) is 11.6 Å². The Morgan fingerprint density at radius 1 is 1.75 bits per heavy atom. The summed E-state index contributed by atoms with van der Waals surface area (Å²) >= 11 is 0. The van der Waals surface area contributed by atoms with Crippen molar-refractivity contribution in [1.29, 1.82) is 0 Å². The maximum atomic E-state index is 5.68. The van der Waals surface area contributed by atoms with Crippen LogP contribution in [0.2, 0.25) is 5.82 Å². The molecule has 8 heavy (non-hydrogen) atoms. The van der Waals surface area contributed by atoms with E-state index < -0.39 is 0 Å². The molecule has 0 bridgehead atoms. The van der Waals surface area contributed by atoms with Gasteiger partial charge in [-0.2, -0.15) is 0 Å². The van der Waals surface area contributed by atoms with Gasteiger partial charge in [-0.1, -0.05) is 23.9 Å². The SMILES string of the molecule is [B]C1CCC=C(C)C1. The van der Waals surface area contributed by atoms with E-state index in [1.807, 2.05) is 0 Å². The maximum Gasteiger partial charge on any atom is 0.0703 e. The quantitative estimate of drug-likeness (QED) is 0.327. The van der Waals surface area contributed by atoms with E-state index in [1.54, 1.807) is 0 Å². The fourth-order valence-corrected chi connectivity index (χ4v) is 1.14. The molecule has 0 saturated carbocycles. The summed E-state index contributed by atoms with van der Waals surface area (Å²) in [6, 6.07) is 0. The molecule has 0 aromatic rings. The van der Waals surface area contributed by atoms with E-state index in [4.69, 9.17) is 7.85 Å². The first-order valence-corrected chi connectivity index (χ1v) is 3.20. The molecule has 1 aliphatic rings. The molecule has 0 N–H and O–H groups in total. The van der Waals surface area contributed by atoms with Crippen molar-refractivity contribution < 1.29 is 0 Å². The summed E-state index contributed by atoms with van der Waals surface area (Å²) in [4.78, 5) is 0. The van der Waals surface area contributed by atoms with Gasteiger partial charge in [0.1, 0.15) is 0 Å². The van der Waals surface area contributed by atoms with Crippen molar-refractivity contribution in [2.24, 2.45) is 0 Å². The van der Waals surface area contributed by atoms with Crippen LogP contribution in [0.1, 0.15) is 26.2 Å². The molecular formula is C7H11B. The first kappa shape index (κ1) is 5.93. The highest BCUT2D eigenvalue weighted by Gasteiger charge is 2.05. The standard InChI is InChI=1S/C7H11B/c1-6-3-2-4-7(8)5-6/h3,7H,2,4-5H2,1H3. The third-order valence-corrected chi connectivity index (χ3v) is 1.61. The van der Waals surface area contributed by atoms with Crippen LogP contribution in [0.25, 0.3) is 0 Å². The number of allylic oxidation sites excluding steroid dienone is 2. The summed E-state index contributed by atoms with van der Waals surface area (Å²) in [7, 11) is 5.68. The van der Waals surface area contributed by atoms with E-state index in [2.05, 4.69) is 13.0 Å². The largest absolute Gasteiger partial charge is 0.0856 e. The number of hydrogen-bond acceptors (Lipinski definition) is 0. The van der Waals surface area contributed by atoms with Gasteiger partial charge in [-0.25, -0.2) is 0 Å². The molecule has 0 amide bonds. The van der Waals surface area contributed by atoms with Crippen LogP contribution in [0.4, 0.5) is 0 Å². The number of rotatable bonds is 0. The van der Waals surface area contributed by atoms with Gasteiger partial charge < -0.3 is 0 Å². The Hall–Kier alpha value is -0.195. The Morgan fingerprint density at radius 3 is 2.88 bits per heavy atom. The van der Waals surface area contributed by atoms with Crippen LogP contribution in [-0.2, 0) is 0 Å². The summed E-state index contributed by atoms with van der Waals surface area (Å²) in [6.07, 6.45) is 5.76. The van der Waals surface area contributed by atoms with Crippen LogP contribution in [0.3, 0.4) is 0 Å². The third-order valence-electron chi connectivity index (χ3n) is 1.61. The summed E-state index contributed by atoms with van der Waals surface area (Å²) in [5.74, 6) is 0.444. The summed E-state index contributed by atoms with van der Waals surface area (Å²) < 4.78 is 0. The van der Waals surface area contributed by atoms with Gasteiger partial charge in [-0.15, -0.1) is 0 Å². The first-order chi connectivity index (χ1) is 3.79. The highest BCUT2D eigenvalue weighted by Crippen LogP contribution is 2.24. The Kier molecular flexibility index (Phi) is 1.77. The Balaban J connectivity index is 2.45. The van der Waals surface area contributed by atoms with Crippen LogP contribution in [-0.4, -0.2) is 7.85 Å². The molecule has 1 unspecified atom stereocenters. The van der Waals surface area contributed by atoms with Gasteiger partial charge in [0.2, 0.25) is 0 Å². The second kappa shape index (κ2) is 2.39. The van der Waals surface area contributed by atoms with Gasteiger partial charge in [-0.05, 0) is 19.8 Å². The predicted molar refractivity (Wildman–Crippen MR) is 37.1 cm³/mol. The van der Waals surface area contributed by atoms with Crippen LogP contribution in [0.5, 0.6) is 0 Å². The second-order valence-electron chi connectivity index (χ2n) is 2.59. The highest BCUT2D eigenvalue weighted by molar-refractivity contribution is 6.11. The van der Waals surface area contributed by atoms with Crippen molar-refractivity contribution in [3.05, 3.63) is 11.6 Å². The lowest BCUT2D eigenvalue weighted by atomic mass is 9.76. The molecule has 0 aromatic carbocycles. The maximum absolute atomic E-state index is 5.68. The summed E-state index contributed by atoms with van der Waals surface area (Å²) in [5.41, 5.74) is 1.46.